The van der Waals surface area contributed by atoms with E-state index in [-0.39, 0.29) is 11.7 Å². The van der Waals surface area contributed by atoms with Gasteiger partial charge in [0.2, 0.25) is 5.91 Å². The number of nitrogens with one attached hydrogen (secondary N) is 1. The van der Waals surface area contributed by atoms with Crippen molar-refractivity contribution < 1.29 is 9.59 Å². The van der Waals surface area contributed by atoms with E-state index in [2.05, 4.69) is 37.2 Å². The largest absolute Gasteiger partial charge is 0.355 e. The van der Waals surface area contributed by atoms with Crippen molar-refractivity contribution in [2.75, 3.05) is 6.54 Å². The van der Waals surface area contributed by atoms with Gasteiger partial charge in [0.15, 0.2) is 0 Å². The van der Waals surface area contributed by atoms with Crippen molar-refractivity contribution >= 4 is 43.6 Å². The highest BCUT2D eigenvalue weighted by Crippen LogP contribution is 2.15. The number of hydrogen-bond donors (Lipinski definition) is 1. The van der Waals surface area contributed by atoms with Crippen LogP contribution in [0.4, 0.5) is 0 Å². The Morgan fingerprint density at radius 1 is 1.31 bits per heavy atom. The van der Waals surface area contributed by atoms with Crippen molar-refractivity contribution in [3.8, 4) is 0 Å². The molecule has 0 saturated carbocycles. The van der Waals surface area contributed by atoms with Crippen LogP contribution >= 0.6 is 31.9 Å². The second-order valence-electron chi connectivity index (χ2n) is 2.71. The van der Waals surface area contributed by atoms with Crippen molar-refractivity contribution in [2.45, 2.75) is 29.9 Å². The summed E-state index contributed by atoms with van der Waals surface area (Å²) in [7, 11) is 0. The van der Waals surface area contributed by atoms with Gasteiger partial charge in [0, 0.05) is 6.54 Å². The summed E-state index contributed by atoms with van der Waals surface area (Å²) in [6.45, 7) is 4.06. The van der Waals surface area contributed by atoms with Gasteiger partial charge in [-0.05, 0) is 13.3 Å². The first-order valence-corrected chi connectivity index (χ1v) is 5.90. The minimum atomic E-state index is -0.489. The molecule has 1 amide bonds. The van der Waals surface area contributed by atoms with Crippen LogP contribution < -0.4 is 5.32 Å². The number of carbonyl (C=O) groups is 2. The molecule has 0 aromatic rings. The van der Waals surface area contributed by atoms with Crippen LogP contribution in [-0.2, 0) is 9.59 Å². The molecule has 0 aromatic heterocycles. The SMILES string of the molecule is CCCNC(=O)C(Br)C(Br)C(C)=O. The molecule has 0 rings (SSSR count). The minimum Gasteiger partial charge on any atom is -0.355 e. The van der Waals surface area contributed by atoms with Crippen LogP contribution in [0.1, 0.15) is 20.3 Å². The molecule has 5 heteroatoms. The van der Waals surface area contributed by atoms with Gasteiger partial charge in [-0.25, -0.2) is 0 Å². The molecule has 1 N–H and O–H groups in total. The van der Waals surface area contributed by atoms with Gasteiger partial charge in [-0.15, -0.1) is 0 Å². The Balaban J connectivity index is 4.01. The first-order chi connectivity index (χ1) is 6.00. The van der Waals surface area contributed by atoms with E-state index in [4.69, 9.17) is 0 Å². The molecule has 2 unspecified atom stereocenters. The highest BCUT2D eigenvalue weighted by molar-refractivity contribution is 9.12. The molecule has 0 bridgehead atoms. The maximum atomic E-state index is 11.3. The minimum absolute atomic E-state index is 0.0616. The molecular weight excluding hydrogens is 302 g/mol. The molecule has 0 aliphatic carbocycles. The Labute approximate surface area is 94.9 Å². The Bertz CT molecular complexity index is 197. The zero-order valence-electron chi connectivity index (χ0n) is 7.64. The second-order valence-corrected chi connectivity index (χ2v) is 4.68. The van der Waals surface area contributed by atoms with E-state index in [0.717, 1.165) is 6.42 Å². The normalized spacial score (nSPS) is 14.8. The molecule has 0 fully saturated rings. The maximum Gasteiger partial charge on any atom is 0.235 e. The molecule has 0 heterocycles. The van der Waals surface area contributed by atoms with Crippen LogP contribution in [0, 0.1) is 0 Å². The summed E-state index contributed by atoms with van der Waals surface area (Å²) in [4.78, 5) is 21.3. The van der Waals surface area contributed by atoms with Crippen molar-refractivity contribution in [3.63, 3.8) is 0 Å². The van der Waals surface area contributed by atoms with Crippen molar-refractivity contribution in [3.05, 3.63) is 0 Å². The van der Waals surface area contributed by atoms with Gasteiger partial charge in [-0.2, -0.15) is 0 Å². The number of Topliss-reactive ketones (excluding diaryl/α,β-unsaturated/α-hetero) is 1. The van der Waals surface area contributed by atoms with E-state index < -0.39 is 9.65 Å². The van der Waals surface area contributed by atoms with Crippen LogP contribution in [0.2, 0.25) is 0 Å². The summed E-state index contributed by atoms with van der Waals surface area (Å²) < 4.78 is 0. The van der Waals surface area contributed by atoms with Crippen LogP contribution in [0.3, 0.4) is 0 Å². The highest BCUT2D eigenvalue weighted by Gasteiger charge is 2.26. The van der Waals surface area contributed by atoms with Gasteiger partial charge >= 0.3 is 0 Å². The lowest BCUT2D eigenvalue weighted by atomic mass is 10.2. The predicted octanol–water partition coefficient (Wildman–Crippen LogP) is 1.63. The smallest absolute Gasteiger partial charge is 0.235 e. The van der Waals surface area contributed by atoms with Crippen LogP contribution in [0.5, 0.6) is 0 Å². The predicted molar refractivity (Wildman–Crippen MR) is 59.4 cm³/mol. The number of alkyl halides is 2. The molecule has 76 valence electrons. The van der Waals surface area contributed by atoms with Crippen molar-refractivity contribution in [1.82, 2.24) is 5.32 Å². The highest BCUT2D eigenvalue weighted by atomic mass is 79.9. The standard InChI is InChI=1S/C8H13Br2NO2/c1-3-4-11-8(13)7(10)6(9)5(2)12/h6-7H,3-4H2,1-2H3,(H,11,13). The summed E-state index contributed by atoms with van der Waals surface area (Å²) in [6.07, 6.45) is 0.887. The van der Waals surface area contributed by atoms with Crippen molar-refractivity contribution in [2.24, 2.45) is 0 Å². The molecule has 0 aliphatic heterocycles. The van der Waals surface area contributed by atoms with Gasteiger partial charge in [-0.1, -0.05) is 38.8 Å². The molecule has 3 nitrogen and oxygen atoms in total. The van der Waals surface area contributed by atoms with Gasteiger partial charge in [0.05, 0.1) is 4.83 Å². The number of hydrogen-bond acceptors (Lipinski definition) is 2. The summed E-state index contributed by atoms with van der Waals surface area (Å²) >= 11 is 6.30. The van der Waals surface area contributed by atoms with Crippen LogP contribution in [0.25, 0.3) is 0 Å². The van der Waals surface area contributed by atoms with E-state index in [0.29, 0.717) is 6.54 Å². The van der Waals surface area contributed by atoms with Crippen LogP contribution in [-0.4, -0.2) is 27.9 Å². The van der Waals surface area contributed by atoms with E-state index in [1.165, 1.54) is 6.92 Å². The maximum absolute atomic E-state index is 11.3. The average Bonchev–Trinajstić information content (AvgIpc) is 2.11. The van der Waals surface area contributed by atoms with Crippen LogP contribution in [0.15, 0.2) is 0 Å². The third-order valence-corrected chi connectivity index (χ3v) is 4.27. The first kappa shape index (κ1) is 13.1. The number of carbonyl (C=O) groups excluding carboxylic acids is 2. The summed E-state index contributed by atoms with van der Waals surface area (Å²) in [5, 5.41) is 2.70. The van der Waals surface area contributed by atoms with Gasteiger partial charge in [-0.3, -0.25) is 9.59 Å². The fraction of sp³-hybridized carbons (Fsp3) is 0.750. The van der Waals surface area contributed by atoms with Gasteiger partial charge < -0.3 is 5.32 Å². The lowest BCUT2D eigenvalue weighted by Gasteiger charge is -2.13. The monoisotopic (exact) mass is 313 g/mol. The summed E-state index contributed by atoms with van der Waals surface area (Å²) in [5.41, 5.74) is 0. The van der Waals surface area contributed by atoms with E-state index in [9.17, 15) is 9.59 Å². The Hall–Kier alpha value is 0.1000. The topological polar surface area (TPSA) is 46.2 Å². The lowest BCUT2D eigenvalue weighted by molar-refractivity contribution is -0.123. The molecule has 2 atom stereocenters. The molecule has 13 heavy (non-hydrogen) atoms. The summed E-state index contributed by atoms with van der Waals surface area (Å²) in [6, 6.07) is 0. The third-order valence-electron chi connectivity index (χ3n) is 1.45. The molecular formula is C8H13Br2NO2. The summed E-state index contributed by atoms with van der Waals surface area (Å²) in [5.74, 6) is -0.215. The molecule has 0 radical (unpaired) electrons. The Morgan fingerprint density at radius 2 is 1.85 bits per heavy atom. The van der Waals surface area contributed by atoms with Gasteiger partial charge in [0.25, 0.3) is 0 Å². The Morgan fingerprint density at radius 3 is 2.23 bits per heavy atom. The number of rotatable bonds is 5. The van der Waals surface area contributed by atoms with E-state index >= 15 is 0 Å². The van der Waals surface area contributed by atoms with E-state index in [1.807, 2.05) is 6.92 Å². The molecule has 0 saturated heterocycles. The fourth-order valence-corrected chi connectivity index (χ4v) is 1.46. The molecule has 0 spiro atoms. The molecule has 0 aliphatic rings. The first-order valence-electron chi connectivity index (χ1n) is 4.07. The lowest BCUT2D eigenvalue weighted by Crippen LogP contribution is -2.38. The zero-order chi connectivity index (χ0) is 10.4. The fourth-order valence-electron chi connectivity index (χ4n) is 0.685. The third kappa shape index (κ3) is 4.76. The second kappa shape index (κ2) is 6.54. The number of halogens is 2. The number of ketones is 1. The average molecular weight is 315 g/mol. The zero-order valence-corrected chi connectivity index (χ0v) is 10.8. The quantitative estimate of drug-likeness (QED) is 0.784. The van der Waals surface area contributed by atoms with Crippen molar-refractivity contribution in [1.29, 1.82) is 0 Å². The number of amides is 1. The Kier molecular flexibility index (Phi) is 6.59. The molecule has 0 aromatic carbocycles. The van der Waals surface area contributed by atoms with Gasteiger partial charge in [0.1, 0.15) is 10.6 Å². The van der Waals surface area contributed by atoms with E-state index in [1.54, 1.807) is 0 Å².